The molecular formula is C46H62F3N15. The summed E-state index contributed by atoms with van der Waals surface area (Å²) in [6, 6.07) is 23.7. The molecule has 0 amide bonds. The van der Waals surface area contributed by atoms with E-state index in [0.29, 0.717) is 23.9 Å². The van der Waals surface area contributed by atoms with Crippen LogP contribution in [0.25, 0.3) is 0 Å². The quantitative estimate of drug-likeness (QED) is 0.119. The van der Waals surface area contributed by atoms with E-state index in [0.717, 1.165) is 70.9 Å². The SMILES string of the molecule is CCCc1ccc([C@@H]([C@H]2CCCNC2)n2ncnn2)cc1.CCCc1ccc([C@H]([C@H]2CCCNC2)n2ncnn2)cc1.FC(F)(F)c1cccc(CN2CCCC[C@H]2n2ncnn2)c1. The molecule has 3 aliphatic heterocycles. The number of alkyl halides is 3. The van der Waals surface area contributed by atoms with Gasteiger partial charge >= 0.3 is 6.18 Å². The summed E-state index contributed by atoms with van der Waals surface area (Å²) >= 11 is 0. The summed E-state index contributed by atoms with van der Waals surface area (Å²) in [6.45, 7) is 9.94. The zero-order valence-electron chi connectivity index (χ0n) is 37.0. The second-order valence-corrected chi connectivity index (χ2v) is 17.0. The van der Waals surface area contributed by atoms with Crippen molar-refractivity contribution in [1.29, 1.82) is 0 Å². The summed E-state index contributed by atoms with van der Waals surface area (Å²) in [5.41, 5.74) is 5.38. The first-order valence-corrected chi connectivity index (χ1v) is 23.0. The lowest BCUT2D eigenvalue weighted by atomic mass is 9.87. The third kappa shape index (κ3) is 12.8. The van der Waals surface area contributed by atoms with Gasteiger partial charge in [0.2, 0.25) is 0 Å². The lowest BCUT2D eigenvalue weighted by Gasteiger charge is -2.34. The summed E-state index contributed by atoms with van der Waals surface area (Å²) in [5.74, 6) is 1.04. The Morgan fingerprint density at radius 2 is 1.17 bits per heavy atom. The average molecular weight is 882 g/mol. The van der Waals surface area contributed by atoms with Crippen molar-refractivity contribution in [1.82, 2.24) is 76.2 Å². The van der Waals surface area contributed by atoms with Gasteiger partial charge in [-0.25, -0.2) is 0 Å². The lowest BCUT2D eigenvalue weighted by molar-refractivity contribution is -0.137. The van der Waals surface area contributed by atoms with Crippen molar-refractivity contribution in [2.75, 3.05) is 32.7 Å². The zero-order valence-corrected chi connectivity index (χ0v) is 37.0. The number of piperidine rings is 3. The van der Waals surface area contributed by atoms with Crippen LogP contribution < -0.4 is 10.6 Å². The number of likely N-dealkylation sites (tertiary alicyclic amines) is 1. The van der Waals surface area contributed by atoms with E-state index in [9.17, 15) is 13.2 Å². The molecule has 6 aromatic rings. The van der Waals surface area contributed by atoms with Crippen LogP contribution in [0.5, 0.6) is 0 Å². The Labute approximate surface area is 373 Å². The Morgan fingerprint density at radius 3 is 1.62 bits per heavy atom. The fourth-order valence-corrected chi connectivity index (χ4v) is 9.24. The van der Waals surface area contributed by atoms with Gasteiger partial charge in [0, 0.05) is 26.2 Å². The van der Waals surface area contributed by atoms with E-state index in [2.05, 4.69) is 124 Å². The minimum atomic E-state index is -4.31. The Morgan fingerprint density at radius 1 is 0.625 bits per heavy atom. The van der Waals surface area contributed by atoms with Crippen molar-refractivity contribution in [3.8, 4) is 0 Å². The highest BCUT2D eigenvalue weighted by atomic mass is 19.4. The molecular weight excluding hydrogens is 820 g/mol. The average Bonchev–Trinajstić information content (AvgIpc) is 4.16. The number of nitrogens with one attached hydrogen (secondary N) is 2. The monoisotopic (exact) mass is 882 g/mol. The highest BCUT2D eigenvalue weighted by Gasteiger charge is 2.32. The number of hydrogen-bond donors (Lipinski definition) is 2. The van der Waals surface area contributed by atoms with Crippen molar-refractivity contribution >= 4 is 0 Å². The minimum absolute atomic E-state index is 0.0502. The van der Waals surface area contributed by atoms with Crippen LogP contribution in [0.1, 0.15) is 123 Å². The molecule has 3 aliphatic rings. The summed E-state index contributed by atoms with van der Waals surface area (Å²) in [5, 5.41) is 43.4. The molecule has 64 heavy (non-hydrogen) atoms. The van der Waals surface area contributed by atoms with Crippen molar-refractivity contribution in [3.05, 3.63) is 125 Å². The standard InChI is InChI=1S/2C16H23N5.C14H16F3N5/c2*1-2-4-13-6-8-14(9-7-13)16(21-19-12-18-20-21)15-5-3-10-17-11-15;15-14(16,17)12-5-3-4-11(8-12)9-21-7-2-1-6-13(21)22-19-10-18-20-22/h2*6-9,12,15-17H,2-5,10-11H2,1H3;3-5,8,10,13H,1-2,6-7,9H2/t15-,16+;15-,16-;13-/m001/s1. The van der Waals surface area contributed by atoms with Gasteiger partial charge in [0.1, 0.15) is 18.2 Å². The van der Waals surface area contributed by atoms with Gasteiger partial charge in [0.05, 0.1) is 5.56 Å². The van der Waals surface area contributed by atoms with Crippen LogP contribution in [-0.2, 0) is 25.6 Å². The molecule has 0 unspecified atom stereocenters. The predicted octanol–water partition coefficient (Wildman–Crippen LogP) is 7.31. The fourth-order valence-electron chi connectivity index (χ4n) is 9.24. The van der Waals surface area contributed by atoms with E-state index >= 15 is 0 Å². The highest BCUT2D eigenvalue weighted by Crippen LogP contribution is 2.33. The molecule has 0 spiro atoms. The van der Waals surface area contributed by atoms with E-state index < -0.39 is 11.7 Å². The molecule has 342 valence electrons. The second kappa shape index (κ2) is 23.5. The summed E-state index contributed by atoms with van der Waals surface area (Å²) in [7, 11) is 0. The van der Waals surface area contributed by atoms with E-state index in [4.69, 9.17) is 0 Å². The zero-order chi connectivity index (χ0) is 44.6. The van der Waals surface area contributed by atoms with Gasteiger partial charge in [-0.1, -0.05) is 93.4 Å². The third-order valence-electron chi connectivity index (χ3n) is 12.4. The molecule has 3 aromatic heterocycles. The summed E-state index contributed by atoms with van der Waals surface area (Å²) in [4.78, 5) is 7.17. The van der Waals surface area contributed by atoms with E-state index in [-0.39, 0.29) is 18.2 Å². The van der Waals surface area contributed by atoms with Crippen LogP contribution in [0.4, 0.5) is 13.2 Å². The molecule has 0 radical (unpaired) electrons. The normalized spacial score (nSPS) is 20.3. The first kappa shape index (κ1) is 46.5. The highest BCUT2D eigenvalue weighted by molar-refractivity contribution is 5.28. The molecule has 9 rings (SSSR count). The van der Waals surface area contributed by atoms with Crippen LogP contribution >= 0.6 is 0 Å². The number of benzene rings is 3. The fraction of sp³-hybridized carbons (Fsp3) is 0.543. The number of aromatic nitrogens is 12. The number of nitrogens with zero attached hydrogens (tertiary/aromatic N) is 13. The molecule has 3 fully saturated rings. The molecule has 2 N–H and O–H groups in total. The Balaban J connectivity index is 0.000000144. The molecule has 15 nitrogen and oxygen atoms in total. The number of tetrazole rings is 3. The second-order valence-electron chi connectivity index (χ2n) is 17.0. The summed E-state index contributed by atoms with van der Waals surface area (Å²) < 4.78 is 38.4. The molecule has 18 heteroatoms. The predicted molar refractivity (Wildman–Crippen MR) is 237 cm³/mol. The minimum Gasteiger partial charge on any atom is -0.316 e. The van der Waals surface area contributed by atoms with Crippen LogP contribution in [0.15, 0.2) is 91.8 Å². The molecule has 5 atom stereocenters. The summed E-state index contributed by atoms with van der Waals surface area (Å²) in [6.07, 6.45) is 12.5. The Kier molecular flexibility index (Phi) is 17.1. The van der Waals surface area contributed by atoms with Gasteiger partial charge in [0.25, 0.3) is 0 Å². The molecule has 0 bridgehead atoms. The molecule has 6 heterocycles. The maximum Gasteiger partial charge on any atom is 0.416 e. The van der Waals surface area contributed by atoms with Crippen molar-refractivity contribution in [2.24, 2.45) is 11.8 Å². The number of aryl methyl sites for hydroxylation is 2. The van der Waals surface area contributed by atoms with E-state index in [1.807, 2.05) is 0 Å². The van der Waals surface area contributed by atoms with Crippen LogP contribution in [0, 0.1) is 11.8 Å². The Bertz CT molecular complexity index is 2070. The first-order valence-electron chi connectivity index (χ1n) is 23.0. The van der Waals surface area contributed by atoms with Crippen molar-refractivity contribution in [3.63, 3.8) is 0 Å². The van der Waals surface area contributed by atoms with Crippen molar-refractivity contribution in [2.45, 2.75) is 115 Å². The van der Waals surface area contributed by atoms with Crippen molar-refractivity contribution < 1.29 is 13.2 Å². The van der Waals surface area contributed by atoms with Gasteiger partial charge in [-0.3, -0.25) is 4.90 Å². The van der Waals surface area contributed by atoms with Crippen LogP contribution in [-0.4, -0.2) is 98.2 Å². The van der Waals surface area contributed by atoms with Gasteiger partial charge in [0.15, 0.2) is 19.0 Å². The molecule has 0 aliphatic carbocycles. The van der Waals surface area contributed by atoms with Gasteiger partial charge in [-0.2, -0.15) is 22.8 Å². The Hall–Kier alpha value is -5.46. The molecule has 3 aromatic carbocycles. The molecule has 3 saturated heterocycles. The van der Waals surface area contributed by atoms with Gasteiger partial charge < -0.3 is 10.6 Å². The number of hydrogen-bond acceptors (Lipinski definition) is 12. The number of halogens is 3. The topological polar surface area (TPSA) is 158 Å². The van der Waals surface area contributed by atoms with Crippen LogP contribution in [0.2, 0.25) is 0 Å². The number of rotatable bonds is 13. The van der Waals surface area contributed by atoms with Crippen LogP contribution in [0.3, 0.4) is 0 Å². The largest absolute Gasteiger partial charge is 0.416 e. The maximum atomic E-state index is 12.8. The lowest BCUT2D eigenvalue weighted by Crippen LogP contribution is -2.37. The third-order valence-corrected chi connectivity index (χ3v) is 12.4. The van der Waals surface area contributed by atoms with E-state index in [1.54, 1.807) is 15.7 Å². The maximum absolute atomic E-state index is 12.8. The van der Waals surface area contributed by atoms with Gasteiger partial charge in [-0.05, 0) is 132 Å². The van der Waals surface area contributed by atoms with E-state index in [1.165, 1.54) is 96.7 Å². The first-order chi connectivity index (χ1) is 31.3. The van der Waals surface area contributed by atoms with Gasteiger partial charge in [-0.15, -0.1) is 35.4 Å². The smallest absolute Gasteiger partial charge is 0.316 e. The molecule has 0 saturated carbocycles.